The summed E-state index contributed by atoms with van der Waals surface area (Å²) in [7, 11) is 0. The second-order valence-electron chi connectivity index (χ2n) is 3.03. The molecule has 0 radical (unpaired) electrons. The molecule has 3 nitrogen and oxygen atoms in total. The molecule has 0 aliphatic carbocycles. The standard InChI is InChI=1S/C8H17NO2S/c1-12-11-8-2-4-9(5-3-8)6-7-10/h8,10H,2-7H2,1H3. The normalized spacial score (nSPS) is 21.5. The predicted octanol–water partition coefficient (Wildman–Crippen LogP) is 0.738. The summed E-state index contributed by atoms with van der Waals surface area (Å²) in [6, 6.07) is 0. The molecule has 0 spiro atoms. The van der Waals surface area contributed by atoms with Crippen LogP contribution in [0.2, 0.25) is 0 Å². The van der Waals surface area contributed by atoms with Crippen LogP contribution in [0.25, 0.3) is 0 Å². The van der Waals surface area contributed by atoms with Crippen LogP contribution in [0.1, 0.15) is 12.8 Å². The Morgan fingerprint density at radius 1 is 1.50 bits per heavy atom. The van der Waals surface area contributed by atoms with Crippen LogP contribution in [-0.4, -0.2) is 48.6 Å². The summed E-state index contributed by atoms with van der Waals surface area (Å²) in [5.41, 5.74) is 0. The van der Waals surface area contributed by atoms with E-state index in [-0.39, 0.29) is 6.61 Å². The topological polar surface area (TPSA) is 32.7 Å². The average Bonchev–Trinajstić information content (AvgIpc) is 2.09. The lowest BCUT2D eigenvalue weighted by Gasteiger charge is -2.30. The minimum atomic E-state index is 0.272. The maximum absolute atomic E-state index is 8.71. The fourth-order valence-corrected chi connectivity index (χ4v) is 1.97. The maximum atomic E-state index is 8.71. The number of β-amino-alcohol motifs (C(OH)–C–C–N with tert-alkyl or cyclic N) is 1. The molecule has 1 aliphatic heterocycles. The van der Waals surface area contributed by atoms with Gasteiger partial charge >= 0.3 is 0 Å². The highest BCUT2D eigenvalue weighted by Gasteiger charge is 2.18. The summed E-state index contributed by atoms with van der Waals surface area (Å²) in [4.78, 5) is 2.28. The zero-order valence-electron chi connectivity index (χ0n) is 7.53. The molecule has 1 fully saturated rings. The van der Waals surface area contributed by atoms with Gasteiger partial charge < -0.3 is 14.2 Å². The van der Waals surface area contributed by atoms with E-state index in [1.54, 1.807) is 0 Å². The predicted molar refractivity (Wildman–Crippen MR) is 51.1 cm³/mol. The van der Waals surface area contributed by atoms with Crippen LogP contribution < -0.4 is 0 Å². The number of piperidine rings is 1. The lowest BCUT2D eigenvalue weighted by atomic mass is 10.1. The number of nitrogens with zero attached hydrogens (tertiary/aromatic N) is 1. The third-order valence-electron chi connectivity index (χ3n) is 2.18. The highest BCUT2D eigenvalue weighted by Crippen LogP contribution is 2.16. The van der Waals surface area contributed by atoms with Gasteiger partial charge in [-0.1, -0.05) is 0 Å². The first-order valence-electron chi connectivity index (χ1n) is 4.39. The Labute approximate surface area is 78.3 Å². The highest BCUT2D eigenvalue weighted by molar-refractivity contribution is 7.93. The Balaban J connectivity index is 2.11. The van der Waals surface area contributed by atoms with Crippen molar-refractivity contribution in [2.75, 3.05) is 32.5 Å². The van der Waals surface area contributed by atoms with Gasteiger partial charge in [0.05, 0.1) is 12.7 Å². The Morgan fingerprint density at radius 3 is 2.67 bits per heavy atom. The monoisotopic (exact) mass is 191 g/mol. The molecule has 0 unspecified atom stereocenters. The van der Waals surface area contributed by atoms with Crippen molar-refractivity contribution in [2.24, 2.45) is 0 Å². The largest absolute Gasteiger partial charge is 0.395 e. The van der Waals surface area contributed by atoms with Gasteiger partial charge in [-0.25, -0.2) is 0 Å². The second kappa shape index (κ2) is 5.80. The molecular formula is C8H17NO2S. The van der Waals surface area contributed by atoms with E-state index >= 15 is 0 Å². The number of rotatable bonds is 4. The SMILES string of the molecule is CSOC1CCN(CCO)CC1. The molecule has 0 saturated carbocycles. The van der Waals surface area contributed by atoms with Gasteiger partial charge in [0.2, 0.25) is 0 Å². The first-order valence-corrected chi connectivity index (χ1v) is 5.54. The zero-order valence-corrected chi connectivity index (χ0v) is 8.35. The van der Waals surface area contributed by atoms with E-state index in [1.807, 2.05) is 6.26 Å². The molecule has 0 bridgehead atoms. The second-order valence-corrected chi connectivity index (χ2v) is 3.55. The van der Waals surface area contributed by atoms with E-state index in [0.29, 0.717) is 6.10 Å². The lowest BCUT2D eigenvalue weighted by molar-refractivity contribution is 0.103. The zero-order chi connectivity index (χ0) is 8.81. The lowest BCUT2D eigenvalue weighted by Crippen LogP contribution is -2.37. The first-order chi connectivity index (χ1) is 5.86. The van der Waals surface area contributed by atoms with Crippen molar-refractivity contribution in [2.45, 2.75) is 18.9 Å². The Hall–Kier alpha value is 0.230. The number of hydrogen-bond acceptors (Lipinski definition) is 4. The molecule has 1 rings (SSSR count). The molecule has 1 heterocycles. The van der Waals surface area contributed by atoms with Crippen molar-refractivity contribution >= 4 is 12.0 Å². The molecule has 1 aliphatic rings. The van der Waals surface area contributed by atoms with Crippen LogP contribution in [-0.2, 0) is 4.18 Å². The Morgan fingerprint density at radius 2 is 2.17 bits per heavy atom. The summed E-state index contributed by atoms with van der Waals surface area (Å²) in [5, 5.41) is 8.71. The summed E-state index contributed by atoms with van der Waals surface area (Å²) in [5.74, 6) is 0. The van der Waals surface area contributed by atoms with Crippen molar-refractivity contribution in [1.82, 2.24) is 4.90 Å². The molecule has 12 heavy (non-hydrogen) atoms. The summed E-state index contributed by atoms with van der Waals surface area (Å²) in [6.45, 7) is 3.21. The molecule has 72 valence electrons. The molecule has 1 N–H and O–H groups in total. The quantitative estimate of drug-likeness (QED) is 0.664. The van der Waals surface area contributed by atoms with Crippen LogP contribution in [0.4, 0.5) is 0 Å². The van der Waals surface area contributed by atoms with Crippen molar-refractivity contribution in [1.29, 1.82) is 0 Å². The van der Waals surface area contributed by atoms with Gasteiger partial charge in [0.25, 0.3) is 0 Å². The van der Waals surface area contributed by atoms with Gasteiger partial charge in [-0.3, -0.25) is 0 Å². The molecule has 0 aromatic rings. The van der Waals surface area contributed by atoms with Crippen LogP contribution in [0, 0.1) is 0 Å². The van der Waals surface area contributed by atoms with Crippen molar-refractivity contribution < 1.29 is 9.29 Å². The highest BCUT2D eigenvalue weighted by atomic mass is 32.2. The summed E-state index contributed by atoms with van der Waals surface area (Å²) >= 11 is 1.45. The van der Waals surface area contributed by atoms with E-state index < -0.39 is 0 Å². The van der Waals surface area contributed by atoms with Gasteiger partial charge in [0.1, 0.15) is 0 Å². The Bertz CT molecular complexity index is 102. The van der Waals surface area contributed by atoms with Gasteiger partial charge in [0, 0.05) is 25.9 Å². The smallest absolute Gasteiger partial charge is 0.0746 e. The van der Waals surface area contributed by atoms with Gasteiger partial charge in [-0.2, -0.15) is 0 Å². The van der Waals surface area contributed by atoms with Crippen LogP contribution in [0.15, 0.2) is 0 Å². The van der Waals surface area contributed by atoms with Gasteiger partial charge in [-0.05, 0) is 24.9 Å². The summed E-state index contributed by atoms with van der Waals surface area (Å²) in [6.07, 6.45) is 4.58. The average molecular weight is 191 g/mol. The molecule has 1 saturated heterocycles. The molecule has 0 aromatic heterocycles. The first kappa shape index (κ1) is 10.3. The fourth-order valence-electron chi connectivity index (χ4n) is 1.51. The van der Waals surface area contributed by atoms with E-state index in [0.717, 1.165) is 32.5 Å². The van der Waals surface area contributed by atoms with E-state index in [9.17, 15) is 0 Å². The number of hydrogen-bond donors (Lipinski definition) is 1. The summed E-state index contributed by atoms with van der Waals surface area (Å²) < 4.78 is 5.44. The third-order valence-corrected chi connectivity index (χ3v) is 2.65. The van der Waals surface area contributed by atoms with Crippen molar-refractivity contribution in [3.05, 3.63) is 0 Å². The van der Waals surface area contributed by atoms with Crippen molar-refractivity contribution in [3.63, 3.8) is 0 Å². The van der Waals surface area contributed by atoms with E-state index in [4.69, 9.17) is 9.29 Å². The third kappa shape index (κ3) is 3.31. The van der Waals surface area contributed by atoms with Crippen molar-refractivity contribution in [3.8, 4) is 0 Å². The maximum Gasteiger partial charge on any atom is 0.0746 e. The number of aliphatic hydroxyl groups is 1. The number of aliphatic hydroxyl groups excluding tert-OH is 1. The minimum Gasteiger partial charge on any atom is -0.395 e. The van der Waals surface area contributed by atoms with Gasteiger partial charge in [0.15, 0.2) is 0 Å². The molecule has 0 amide bonds. The van der Waals surface area contributed by atoms with Crippen LogP contribution in [0.3, 0.4) is 0 Å². The van der Waals surface area contributed by atoms with Gasteiger partial charge in [-0.15, -0.1) is 0 Å². The fraction of sp³-hybridized carbons (Fsp3) is 1.00. The van der Waals surface area contributed by atoms with Crippen LogP contribution >= 0.6 is 12.0 Å². The molecule has 4 heteroatoms. The van der Waals surface area contributed by atoms with Crippen LogP contribution in [0.5, 0.6) is 0 Å². The Kier molecular flexibility index (Phi) is 4.99. The molecular weight excluding hydrogens is 174 g/mol. The minimum absolute atomic E-state index is 0.272. The van der Waals surface area contributed by atoms with E-state index in [2.05, 4.69) is 4.90 Å². The number of likely N-dealkylation sites (tertiary alicyclic amines) is 1. The molecule has 0 aromatic carbocycles. The van der Waals surface area contributed by atoms with E-state index in [1.165, 1.54) is 12.0 Å². The molecule has 0 atom stereocenters.